The summed E-state index contributed by atoms with van der Waals surface area (Å²) >= 11 is 0. The Hall–Kier alpha value is -9.67. The molecular formula is C75H93N5O15. The Morgan fingerprint density at radius 1 is 0.421 bits per heavy atom. The third-order valence-corrected chi connectivity index (χ3v) is 14.3. The van der Waals surface area contributed by atoms with E-state index in [0.717, 1.165) is 40.9 Å². The molecule has 0 saturated heterocycles. The van der Waals surface area contributed by atoms with Crippen LogP contribution >= 0.6 is 0 Å². The number of aliphatic carboxylic acids is 1. The molecule has 0 fully saturated rings. The van der Waals surface area contributed by atoms with Gasteiger partial charge < -0.3 is 57.4 Å². The quantitative estimate of drug-likeness (QED) is 0.0115. The third kappa shape index (κ3) is 30.8. The fraction of sp³-hybridized carbons (Fsp3) is 0.320. The Bertz CT molecular complexity index is 3440. The van der Waals surface area contributed by atoms with Crippen molar-refractivity contribution >= 4 is 52.2 Å². The molecule has 508 valence electrons. The van der Waals surface area contributed by atoms with Gasteiger partial charge in [-0.3, -0.25) is 38.6 Å². The van der Waals surface area contributed by atoms with Gasteiger partial charge in [0.15, 0.2) is 23.1 Å². The highest BCUT2D eigenvalue weighted by atomic mass is 16.4. The molecule has 0 aliphatic heterocycles. The van der Waals surface area contributed by atoms with Crippen molar-refractivity contribution < 1.29 is 74.1 Å². The lowest BCUT2D eigenvalue weighted by Crippen LogP contribution is -2.41. The van der Waals surface area contributed by atoms with Crippen LogP contribution in [0.1, 0.15) is 102 Å². The van der Waals surface area contributed by atoms with Crippen LogP contribution in [0.25, 0.3) is 0 Å². The molecule has 0 saturated carbocycles. The summed E-state index contributed by atoms with van der Waals surface area (Å²) in [6.45, 7) is 14.0. The van der Waals surface area contributed by atoms with Crippen molar-refractivity contribution in [3.8, 4) is 23.0 Å². The Labute approximate surface area is 557 Å². The Morgan fingerprint density at radius 2 is 0.768 bits per heavy atom. The highest BCUT2D eigenvalue weighted by molar-refractivity contribution is 6.38. The predicted octanol–water partition coefficient (Wildman–Crippen LogP) is 8.14. The number of aliphatic hydroxyl groups is 2. The first-order valence-electron chi connectivity index (χ1n) is 31.4. The summed E-state index contributed by atoms with van der Waals surface area (Å²) < 4.78 is 0. The molecule has 12 N–H and O–H groups in total. The van der Waals surface area contributed by atoms with Crippen molar-refractivity contribution in [2.24, 2.45) is 10.7 Å². The van der Waals surface area contributed by atoms with Crippen molar-refractivity contribution in [3.63, 3.8) is 0 Å². The molecule has 0 bridgehead atoms. The molecule has 7 aromatic carbocycles. The zero-order chi connectivity index (χ0) is 70.7. The molecule has 3 atom stereocenters. The normalized spacial score (nSPS) is 11.4. The number of nitrogens with zero attached hydrogens (tertiary/aromatic N) is 1. The van der Waals surface area contributed by atoms with Crippen LogP contribution in [-0.4, -0.2) is 152 Å². The summed E-state index contributed by atoms with van der Waals surface area (Å²) in [5.74, 6) is -3.69. The van der Waals surface area contributed by atoms with Gasteiger partial charge in [-0.2, -0.15) is 0 Å². The van der Waals surface area contributed by atoms with Gasteiger partial charge in [0, 0.05) is 41.7 Å². The van der Waals surface area contributed by atoms with Gasteiger partial charge in [-0.05, 0) is 111 Å². The molecule has 7 rings (SSSR count). The Kier molecular flexibility index (Phi) is 39.8. The maximum absolute atomic E-state index is 12.7. The summed E-state index contributed by atoms with van der Waals surface area (Å²) in [5.41, 5.74) is 12.5. The first-order valence-corrected chi connectivity index (χ1v) is 31.4. The summed E-state index contributed by atoms with van der Waals surface area (Å²) in [7, 11) is 0. The molecule has 20 heteroatoms. The summed E-state index contributed by atoms with van der Waals surface area (Å²) in [4.78, 5) is 94.0. The molecule has 0 heterocycles. The lowest BCUT2D eigenvalue weighted by Gasteiger charge is -2.16. The summed E-state index contributed by atoms with van der Waals surface area (Å²) in [6.07, 6.45) is 2.93. The predicted molar refractivity (Wildman–Crippen MR) is 369 cm³/mol. The summed E-state index contributed by atoms with van der Waals surface area (Å²) in [5, 5.41) is 73.7. The van der Waals surface area contributed by atoms with Crippen molar-refractivity contribution in [1.82, 2.24) is 16.0 Å². The smallest absolute Gasteiger partial charge is 0.372 e. The van der Waals surface area contributed by atoms with Crippen molar-refractivity contribution in [1.29, 1.82) is 0 Å². The number of ketones is 7. The van der Waals surface area contributed by atoms with E-state index in [1.165, 1.54) is 18.2 Å². The minimum Gasteiger partial charge on any atom is -0.508 e. The lowest BCUT2D eigenvalue weighted by molar-refractivity contribution is -0.148. The van der Waals surface area contributed by atoms with Crippen molar-refractivity contribution in [2.75, 3.05) is 45.9 Å². The molecular weight excluding hydrogens is 1210 g/mol. The minimum atomic E-state index is -1.38. The highest BCUT2D eigenvalue weighted by Crippen LogP contribution is 2.31. The van der Waals surface area contributed by atoms with E-state index >= 15 is 0 Å². The molecule has 95 heavy (non-hydrogen) atoms. The standard InChI is InChI=1S/C22H28N2O3.C12H18N2O.C12H17NO2.C10H12O3.C10H10O3.C9H8O3/c1-4-18(17-11-12-20(25)15(3)22(17)27)24-14-21(26)19(23-5-2)13-16-9-7-6-8-10-16;1-2-14-11(12(15)9-13)8-10-6-4-3-5-7-10;1-2-13-11(12(15)9-14)8-10-6-4-3-5-7-10;1-3-8(11)7-4-5-9(12)6(2)10(7)13;11-7-10(13)9(12)6-8-4-2-1-3-5-8;10-8(9(11)12)6-7-4-2-1-3-5-7/h6-12,19,23,25,27H,4-5,13-14H2,1-3H3;3-7,11,14H,2,8-9,13H2,1H3;3-7,11,13-14H,2,8-9H2,1H3;4-5,12-13H,3H2,1-2H3;1-5,11H,6-7H2;1-5H,6H2,(H,11,12). The van der Waals surface area contributed by atoms with E-state index < -0.39 is 36.5 Å². The number of aliphatic imine (C=N–C) groups is 1. The first-order chi connectivity index (χ1) is 45.5. The Morgan fingerprint density at radius 3 is 1.11 bits per heavy atom. The van der Waals surface area contributed by atoms with Crippen LogP contribution in [0, 0.1) is 13.8 Å². The second-order valence-corrected chi connectivity index (χ2v) is 21.3. The topological polar surface area (TPSA) is 353 Å². The van der Waals surface area contributed by atoms with E-state index in [0.29, 0.717) is 61.1 Å². The van der Waals surface area contributed by atoms with Gasteiger partial charge in [-0.25, -0.2) is 4.79 Å². The molecule has 20 nitrogen and oxygen atoms in total. The number of carboxylic acid groups (broad SMARTS) is 1. The number of nitrogens with one attached hydrogen (secondary N) is 3. The van der Waals surface area contributed by atoms with E-state index in [9.17, 15) is 58.8 Å². The summed E-state index contributed by atoms with van der Waals surface area (Å²) in [6, 6.07) is 52.7. The van der Waals surface area contributed by atoms with Gasteiger partial charge in [-0.15, -0.1) is 0 Å². The molecule has 0 aromatic heterocycles. The zero-order valence-corrected chi connectivity index (χ0v) is 55.3. The molecule has 7 aromatic rings. The first kappa shape index (κ1) is 81.4. The second-order valence-electron chi connectivity index (χ2n) is 21.3. The average Bonchev–Trinajstić information content (AvgIpc) is 0.864. The van der Waals surface area contributed by atoms with E-state index in [1.54, 1.807) is 75.4 Å². The van der Waals surface area contributed by atoms with Crippen molar-refractivity contribution in [2.45, 2.75) is 112 Å². The van der Waals surface area contributed by atoms with Gasteiger partial charge in [-0.1, -0.05) is 186 Å². The minimum absolute atomic E-state index is 0.00477. The fourth-order valence-electron chi connectivity index (χ4n) is 8.96. The number of rotatable bonds is 30. The number of aromatic hydroxyl groups is 4. The Balaban J connectivity index is 0.000000399. The number of carboxylic acids is 1. The largest absolute Gasteiger partial charge is 0.508 e. The number of likely N-dealkylation sites (N-methyl/N-ethyl adjacent to an activating group) is 3. The number of hydrogen-bond acceptors (Lipinski definition) is 19. The van der Waals surface area contributed by atoms with Crippen LogP contribution in [-0.2, 0) is 65.7 Å². The van der Waals surface area contributed by atoms with Gasteiger partial charge in [0.25, 0.3) is 0 Å². The van der Waals surface area contributed by atoms with E-state index in [4.69, 9.17) is 21.1 Å². The molecule has 0 amide bonds. The van der Waals surface area contributed by atoms with Crippen LogP contribution in [0.2, 0.25) is 0 Å². The van der Waals surface area contributed by atoms with E-state index in [1.807, 2.05) is 131 Å². The third-order valence-electron chi connectivity index (χ3n) is 14.3. The molecule has 0 aliphatic carbocycles. The second kappa shape index (κ2) is 46.4. The number of phenols is 4. The van der Waals surface area contributed by atoms with E-state index in [2.05, 4.69) is 20.9 Å². The number of phenolic OH excluding ortho intramolecular Hbond substituents is 4. The van der Waals surface area contributed by atoms with Crippen LogP contribution in [0.15, 0.2) is 181 Å². The van der Waals surface area contributed by atoms with Gasteiger partial charge >= 0.3 is 5.97 Å². The van der Waals surface area contributed by atoms with Crippen molar-refractivity contribution in [3.05, 3.63) is 226 Å². The van der Waals surface area contributed by atoms with E-state index in [-0.39, 0.29) is 95.8 Å². The average molecular weight is 1300 g/mol. The highest BCUT2D eigenvalue weighted by Gasteiger charge is 2.21. The number of nitrogens with two attached hydrogens (primary N) is 1. The number of hydrogen-bond donors (Lipinski definition) is 11. The molecule has 0 radical (unpaired) electrons. The molecule has 0 aliphatic rings. The van der Waals surface area contributed by atoms with Crippen LogP contribution in [0.5, 0.6) is 23.0 Å². The van der Waals surface area contributed by atoms with Crippen LogP contribution in [0.3, 0.4) is 0 Å². The number of aliphatic hydroxyl groups excluding tert-OH is 2. The van der Waals surface area contributed by atoms with Gasteiger partial charge in [0.1, 0.15) is 36.2 Å². The van der Waals surface area contributed by atoms with Crippen LogP contribution in [0.4, 0.5) is 0 Å². The fourth-order valence-corrected chi connectivity index (χ4v) is 8.96. The number of carbonyl (C=O) groups excluding carboxylic acids is 7. The van der Waals surface area contributed by atoms with Crippen LogP contribution < -0.4 is 21.7 Å². The SMILES string of the molecule is CCC(=O)c1ccc(O)c(C)c1O.CCNC(Cc1ccccc1)C(=O)CN.CCNC(Cc1ccccc1)C(=O)CN=C(CC)c1ccc(O)c(C)c1O.CCNC(Cc1ccccc1)C(=O)CO.O=C(CO)C(=O)Cc1ccccc1.O=C(O)C(=O)Cc1ccccc1. The molecule has 3 unspecified atom stereocenters. The van der Waals surface area contributed by atoms with Gasteiger partial charge in [0.05, 0.1) is 36.8 Å². The molecule has 0 spiro atoms. The maximum atomic E-state index is 12.7. The lowest BCUT2D eigenvalue weighted by atomic mass is 10.0. The monoisotopic (exact) mass is 1300 g/mol. The van der Waals surface area contributed by atoms with Gasteiger partial charge in [0.2, 0.25) is 17.3 Å². The number of benzene rings is 7. The number of carbonyl (C=O) groups is 8. The zero-order valence-electron chi connectivity index (χ0n) is 55.3. The number of Topliss-reactive ketones (excluding diaryl/α,β-unsaturated/α-hetero) is 7. The maximum Gasteiger partial charge on any atom is 0.372 e.